The summed E-state index contributed by atoms with van der Waals surface area (Å²) >= 11 is 0. The molecule has 1 fully saturated rings. The molecular formula is C14H18O4. The molecule has 1 N–H and O–H groups in total. The number of aliphatic carboxylic acids is 1. The second-order valence-electron chi connectivity index (χ2n) is 4.47. The zero-order valence-electron chi connectivity index (χ0n) is 10.2. The summed E-state index contributed by atoms with van der Waals surface area (Å²) in [5, 5.41) is 8.93. The Hall–Kier alpha value is -1.39. The van der Waals surface area contributed by atoms with Crippen molar-refractivity contribution in [3.8, 4) is 0 Å². The van der Waals surface area contributed by atoms with Gasteiger partial charge >= 0.3 is 5.97 Å². The van der Waals surface area contributed by atoms with Gasteiger partial charge in [-0.3, -0.25) is 4.79 Å². The van der Waals surface area contributed by atoms with Crippen LogP contribution in [0.2, 0.25) is 0 Å². The number of rotatable bonds is 6. The number of carbonyl (C=O) groups is 1. The van der Waals surface area contributed by atoms with Crippen molar-refractivity contribution in [2.45, 2.75) is 31.5 Å². The number of hydrogen-bond donors (Lipinski definition) is 1. The highest BCUT2D eigenvalue weighted by molar-refractivity contribution is 5.67. The summed E-state index contributed by atoms with van der Waals surface area (Å²) in [6.45, 7) is 1.25. The van der Waals surface area contributed by atoms with Gasteiger partial charge in [-0.05, 0) is 18.4 Å². The molecule has 1 aliphatic heterocycles. The third-order valence-corrected chi connectivity index (χ3v) is 3.04. The van der Waals surface area contributed by atoms with E-state index in [1.54, 1.807) is 0 Å². The number of hydrogen-bond acceptors (Lipinski definition) is 3. The SMILES string of the molecule is O=C(O)CC(OCC1CCCO1)c1ccccc1. The van der Waals surface area contributed by atoms with Gasteiger partial charge in [-0.25, -0.2) is 0 Å². The summed E-state index contributed by atoms with van der Waals surface area (Å²) < 4.78 is 11.2. The lowest BCUT2D eigenvalue weighted by Crippen LogP contribution is -2.18. The molecule has 0 aliphatic carbocycles. The fourth-order valence-corrected chi connectivity index (χ4v) is 2.10. The Balaban J connectivity index is 1.94. The van der Waals surface area contributed by atoms with Gasteiger partial charge in [0, 0.05) is 6.61 Å². The Morgan fingerprint density at radius 1 is 1.44 bits per heavy atom. The monoisotopic (exact) mass is 250 g/mol. The van der Waals surface area contributed by atoms with Crippen molar-refractivity contribution in [3.63, 3.8) is 0 Å². The van der Waals surface area contributed by atoms with E-state index in [2.05, 4.69) is 0 Å². The van der Waals surface area contributed by atoms with Crippen LogP contribution in [0.25, 0.3) is 0 Å². The van der Waals surface area contributed by atoms with Crippen LogP contribution in [-0.2, 0) is 14.3 Å². The lowest BCUT2D eigenvalue weighted by Gasteiger charge is -2.19. The van der Waals surface area contributed by atoms with Crippen molar-refractivity contribution >= 4 is 5.97 Å². The average molecular weight is 250 g/mol. The summed E-state index contributed by atoms with van der Waals surface area (Å²) in [5.74, 6) is -0.851. The highest BCUT2D eigenvalue weighted by Gasteiger charge is 2.21. The van der Waals surface area contributed by atoms with Crippen molar-refractivity contribution in [1.29, 1.82) is 0 Å². The molecule has 0 spiro atoms. The van der Waals surface area contributed by atoms with Crippen LogP contribution in [0.1, 0.15) is 30.9 Å². The molecule has 0 radical (unpaired) electrons. The van der Waals surface area contributed by atoms with Gasteiger partial charge in [-0.2, -0.15) is 0 Å². The van der Waals surface area contributed by atoms with E-state index in [1.807, 2.05) is 30.3 Å². The minimum Gasteiger partial charge on any atom is -0.481 e. The van der Waals surface area contributed by atoms with Gasteiger partial charge in [0.05, 0.1) is 25.2 Å². The molecular weight excluding hydrogens is 232 g/mol. The summed E-state index contributed by atoms with van der Waals surface area (Å²) in [4.78, 5) is 10.9. The molecule has 4 nitrogen and oxygen atoms in total. The van der Waals surface area contributed by atoms with Crippen LogP contribution < -0.4 is 0 Å². The first-order valence-corrected chi connectivity index (χ1v) is 6.25. The Labute approximate surface area is 107 Å². The lowest BCUT2D eigenvalue weighted by atomic mass is 10.1. The third kappa shape index (κ3) is 3.82. The molecule has 98 valence electrons. The molecule has 1 heterocycles. The molecule has 0 aromatic heterocycles. The van der Waals surface area contributed by atoms with Crippen molar-refractivity contribution in [2.24, 2.45) is 0 Å². The van der Waals surface area contributed by atoms with Crippen LogP contribution >= 0.6 is 0 Å². The number of carboxylic acid groups (broad SMARTS) is 1. The summed E-state index contributed by atoms with van der Waals surface area (Å²) in [6.07, 6.45) is 1.76. The Bertz CT molecular complexity index is 371. The minimum atomic E-state index is -0.851. The molecule has 1 saturated heterocycles. The molecule has 1 aromatic carbocycles. The first kappa shape index (κ1) is 13.1. The Morgan fingerprint density at radius 3 is 2.83 bits per heavy atom. The predicted molar refractivity (Wildman–Crippen MR) is 66.4 cm³/mol. The van der Waals surface area contributed by atoms with E-state index in [-0.39, 0.29) is 12.5 Å². The highest BCUT2D eigenvalue weighted by atomic mass is 16.5. The van der Waals surface area contributed by atoms with Gasteiger partial charge < -0.3 is 14.6 Å². The van der Waals surface area contributed by atoms with Gasteiger partial charge in [0.15, 0.2) is 0 Å². The molecule has 1 aromatic rings. The predicted octanol–water partition coefficient (Wildman–Crippen LogP) is 2.40. The standard InChI is InChI=1S/C14H18O4/c15-14(16)9-13(11-5-2-1-3-6-11)18-10-12-7-4-8-17-12/h1-3,5-6,12-13H,4,7-10H2,(H,15,16). The first-order chi connectivity index (χ1) is 8.75. The molecule has 2 rings (SSSR count). The van der Waals surface area contributed by atoms with Crippen molar-refractivity contribution in [2.75, 3.05) is 13.2 Å². The lowest BCUT2D eigenvalue weighted by molar-refractivity contribution is -0.141. The zero-order chi connectivity index (χ0) is 12.8. The topological polar surface area (TPSA) is 55.8 Å². The molecule has 0 bridgehead atoms. The number of carboxylic acids is 1. The fourth-order valence-electron chi connectivity index (χ4n) is 2.10. The van der Waals surface area contributed by atoms with Crippen molar-refractivity contribution in [1.82, 2.24) is 0 Å². The Morgan fingerprint density at radius 2 is 2.22 bits per heavy atom. The largest absolute Gasteiger partial charge is 0.481 e. The van der Waals surface area contributed by atoms with E-state index in [0.29, 0.717) is 6.61 Å². The van der Waals surface area contributed by atoms with Crippen molar-refractivity contribution < 1.29 is 19.4 Å². The first-order valence-electron chi connectivity index (χ1n) is 6.25. The van der Waals surface area contributed by atoms with Crippen LogP contribution in [0.15, 0.2) is 30.3 Å². The second-order valence-corrected chi connectivity index (χ2v) is 4.47. The van der Waals surface area contributed by atoms with Gasteiger partial charge in [-0.15, -0.1) is 0 Å². The molecule has 18 heavy (non-hydrogen) atoms. The van der Waals surface area contributed by atoms with E-state index in [9.17, 15) is 4.79 Å². The highest BCUT2D eigenvalue weighted by Crippen LogP contribution is 2.23. The van der Waals surface area contributed by atoms with Crippen LogP contribution in [0.5, 0.6) is 0 Å². The van der Waals surface area contributed by atoms with Gasteiger partial charge in [0.2, 0.25) is 0 Å². The van der Waals surface area contributed by atoms with E-state index < -0.39 is 12.1 Å². The van der Waals surface area contributed by atoms with Crippen molar-refractivity contribution in [3.05, 3.63) is 35.9 Å². The summed E-state index contributed by atoms with van der Waals surface area (Å²) in [7, 11) is 0. The van der Waals surface area contributed by atoms with E-state index >= 15 is 0 Å². The second kappa shape index (κ2) is 6.52. The summed E-state index contributed by atoms with van der Waals surface area (Å²) in [6, 6.07) is 9.47. The summed E-state index contributed by atoms with van der Waals surface area (Å²) in [5.41, 5.74) is 0.901. The molecule has 1 aliphatic rings. The van der Waals surface area contributed by atoms with Crippen LogP contribution in [0.3, 0.4) is 0 Å². The van der Waals surface area contributed by atoms with E-state index in [1.165, 1.54) is 0 Å². The van der Waals surface area contributed by atoms with Gasteiger partial charge in [0.1, 0.15) is 0 Å². The number of ether oxygens (including phenoxy) is 2. The molecule has 0 saturated carbocycles. The van der Waals surface area contributed by atoms with Gasteiger partial charge in [-0.1, -0.05) is 30.3 Å². The fraction of sp³-hybridized carbons (Fsp3) is 0.500. The van der Waals surface area contributed by atoms with Gasteiger partial charge in [0.25, 0.3) is 0 Å². The molecule has 0 amide bonds. The number of benzene rings is 1. The van der Waals surface area contributed by atoms with Crippen LogP contribution in [0, 0.1) is 0 Å². The maximum absolute atomic E-state index is 10.9. The maximum atomic E-state index is 10.9. The molecule has 4 heteroatoms. The van der Waals surface area contributed by atoms with E-state index in [4.69, 9.17) is 14.6 Å². The van der Waals surface area contributed by atoms with Crippen LogP contribution in [0.4, 0.5) is 0 Å². The minimum absolute atomic E-state index is 0.0171. The van der Waals surface area contributed by atoms with Crippen LogP contribution in [-0.4, -0.2) is 30.4 Å². The normalized spacial score (nSPS) is 20.8. The molecule has 2 atom stereocenters. The van der Waals surface area contributed by atoms with E-state index in [0.717, 1.165) is 25.0 Å². The average Bonchev–Trinajstić information content (AvgIpc) is 2.88. The Kier molecular flexibility index (Phi) is 4.73. The molecule has 2 unspecified atom stereocenters. The maximum Gasteiger partial charge on any atom is 0.306 e. The third-order valence-electron chi connectivity index (χ3n) is 3.04. The smallest absolute Gasteiger partial charge is 0.306 e. The zero-order valence-corrected chi connectivity index (χ0v) is 10.2. The quantitative estimate of drug-likeness (QED) is 0.842.